The number of aliphatic hydroxyl groups is 1. The number of hydrogen-bond acceptors (Lipinski definition) is 6. The molecule has 0 atom stereocenters. The highest BCUT2D eigenvalue weighted by atomic mass is 19.1. The fourth-order valence-electron chi connectivity index (χ4n) is 3.58. The molecule has 0 aliphatic carbocycles. The van der Waals surface area contributed by atoms with Crippen molar-refractivity contribution < 1.29 is 28.9 Å². The minimum Gasteiger partial charge on any atom is -0.486 e. The number of carboxylic acid groups (broad SMARTS) is 1. The van der Waals surface area contributed by atoms with Gasteiger partial charge in [-0.05, 0) is 31.0 Å². The van der Waals surface area contributed by atoms with Gasteiger partial charge in [0.25, 0.3) is 5.91 Å². The maximum atomic E-state index is 14.5. The Balaban J connectivity index is 1.67. The molecular formula is C21H24FN5O5. The van der Waals surface area contributed by atoms with Crippen LogP contribution in [0.2, 0.25) is 0 Å². The summed E-state index contributed by atoms with van der Waals surface area (Å²) in [6.45, 7) is 0.570. The molecule has 10 nitrogen and oxygen atoms in total. The van der Waals surface area contributed by atoms with Crippen LogP contribution in [-0.2, 0) is 6.61 Å². The normalized spacial score (nSPS) is 14.1. The zero-order valence-electron chi connectivity index (χ0n) is 17.6. The van der Waals surface area contributed by atoms with Crippen LogP contribution in [0.4, 0.5) is 9.18 Å². The van der Waals surface area contributed by atoms with Gasteiger partial charge in [0.1, 0.15) is 18.4 Å². The van der Waals surface area contributed by atoms with Gasteiger partial charge in [0.15, 0.2) is 11.6 Å². The summed E-state index contributed by atoms with van der Waals surface area (Å²) < 4.78 is 21.6. The number of amides is 2. The molecule has 3 rings (SSSR count). The Hall–Kier alpha value is -3.65. The predicted octanol–water partition coefficient (Wildman–Crippen LogP) is 1.85. The summed E-state index contributed by atoms with van der Waals surface area (Å²) in [7, 11) is 1.51. The van der Waals surface area contributed by atoms with Crippen molar-refractivity contribution >= 4 is 12.0 Å². The summed E-state index contributed by atoms with van der Waals surface area (Å²) in [6.07, 6.45) is 1.60. The Morgan fingerprint density at radius 2 is 2.09 bits per heavy atom. The number of ether oxygens (including phenoxy) is 1. The van der Waals surface area contributed by atoms with Crippen molar-refractivity contribution in [3.05, 3.63) is 47.0 Å². The number of aliphatic hydroxyl groups excluding tert-OH is 1. The van der Waals surface area contributed by atoms with Crippen molar-refractivity contribution in [3.63, 3.8) is 0 Å². The number of carbonyl (C=O) groups is 2. The molecule has 1 saturated heterocycles. The van der Waals surface area contributed by atoms with E-state index < -0.39 is 17.8 Å². The standard InChI is InChI=1S/C21H24FN5O5/c1-25(8-9-28)20(29)14-2-3-19(17(22)10-14)32-13-15-12-24-27(18(15)11-23)16-4-6-26(7-5-16)21(30)31/h2-3,10,12,16,28H,4-9,13H2,1H3,(H,30,31). The highest BCUT2D eigenvalue weighted by Gasteiger charge is 2.26. The first-order valence-corrected chi connectivity index (χ1v) is 10.1. The second kappa shape index (κ2) is 10.1. The van der Waals surface area contributed by atoms with E-state index in [1.807, 2.05) is 0 Å². The first-order chi connectivity index (χ1) is 15.3. The molecule has 2 aromatic rings. The van der Waals surface area contributed by atoms with Crippen molar-refractivity contribution in [1.29, 1.82) is 5.26 Å². The maximum absolute atomic E-state index is 14.5. The zero-order valence-corrected chi connectivity index (χ0v) is 17.6. The van der Waals surface area contributed by atoms with Crippen LogP contribution in [0, 0.1) is 17.1 Å². The lowest BCUT2D eigenvalue weighted by Crippen LogP contribution is -2.38. The molecule has 170 valence electrons. The number of rotatable bonds is 7. The molecule has 0 unspecified atom stereocenters. The van der Waals surface area contributed by atoms with Crippen LogP contribution < -0.4 is 4.74 Å². The summed E-state index contributed by atoms with van der Waals surface area (Å²) in [6, 6.07) is 5.83. The highest BCUT2D eigenvalue weighted by molar-refractivity contribution is 5.94. The van der Waals surface area contributed by atoms with Crippen molar-refractivity contribution in [1.82, 2.24) is 19.6 Å². The Morgan fingerprint density at radius 1 is 1.38 bits per heavy atom. The average molecular weight is 445 g/mol. The molecule has 1 aliphatic heterocycles. The first kappa shape index (κ1) is 23.0. The number of nitrogens with zero attached hydrogens (tertiary/aromatic N) is 5. The number of benzene rings is 1. The van der Waals surface area contributed by atoms with E-state index in [0.717, 1.165) is 6.07 Å². The van der Waals surface area contributed by atoms with Crippen LogP contribution in [0.15, 0.2) is 24.4 Å². The lowest BCUT2D eigenvalue weighted by atomic mass is 10.1. The van der Waals surface area contributed by atoms with Gasteiger partial charge in [-0.15, -0.1) is 0 Å². The van der Waals surface area contributed by atoms with E-state index >= 15 is 0 Å². The van der Waals surface area contributed by atoms with E-state index in [0.29, 0.717) is 31.5 Å². The van der Waals surface area contributed by atoms with Crippen LogP contribution in [0.25, 0.3) is 0 Å². The molecular weight excluding hydrogens is 421 g/mol. The van der Waals surface area contributed by atoms with Crippen molar-refractivity contribution in [3.8, 4) is 11.8 Å². The van der Waals surface area contributed by atoms with Crippen LogP contribution in [-0.4, -0.2) is 75.1 Å². The van der Waals surface area contributed by atoms with Crippen molar-refractivity contribution in [2.75, 3.05) is 33.3 Å². The molecule has 11 heteroatoms. The van der Waals surface area contributed by atoms with Gasteiger partial charge < -0.3 is 24.7 Å². The number of nitriles is 1. The Labute approximate surface area is 184 Å². The number of aromatic nitrogens is 2. The van der Waals surface area contributed by atoms with E-state index in [4.69, 9.17) is 14.9 Å². The van der Waals surface area contributed by atoms with Crippen LogP contribution in [0.3, 0.4) is 0 Å². The molecule has 0 bridgehead atoms. The van der Waals surface area contributed by atoms with Gasteiger partial charge in [0.05, 0.1) is 18.8 Å². The van der Waals surface area contributed by atoms with Gasteiger partial charge in [-0.25, -0.2) is 9.18 Å². The molecule has 0 saturated carbocycles. The van der Waals surface area contributed by atoms with Crippen molar-refractivity contribution in [2.24, 2.45) is 0 Å². The van der Waals surface area contributed by atoms with Gasteiger partial charge in [-0.3, -0.25) is 9.48 Å². The van der Waals surface area contributed by atoms with E-state index in [9.17, 15) is 19.2 Å². The molecule has 2 amide bonds. The zero-order chi connectivity index (χ0) is 23.3. The summed E-state index contributed by atoms with van der Waals surface area (Å²) >= 11 is 0. The predicted molar refractivity (Wildman–Crippen MR) is 110 cm³/mol. The lowest BCUT2D eigenvalue weighted by Gasteiger charge is -2.30. The fraction of sp³-hybridized carbons (Fsp3) is 0.429. The van der Waals surface area contributed by atoms with E-state index in [2.05, 4.69) is 11.2 Å². The van der Waals surface area contributed by atoms with Gasteiger partial charge in [-0.1, -0.05) is 0 Å². The molecule has 0 radical (unpaired) electrons. The summed E-state index contributed by atoms with van der Waals surface area (Å²) in [5, 5.41) is 31.9. The third-order valence-electron chi connectivity index (χ3n) is 5.40. The quantitative estimate of drug-likeness (QED) is 0.665. The Kier molecular flexibility index (Phi) is 7.27. The Morgan fingerprint density at radius 3 is 2.69 bits per heavy atom. The number of piperidine rings is 1. The SMILES string of the molecule is CN(CCO)C(=O)c1ccc(OCc2cnn(C3CCN(C(=O)O)CC3)c2C#N)c(F)c1. The fourth-order valence-corrected chi connectivity index (χ4v) is 3.58. The van der Waals surface area contributed by atoms with Gasteiger partial charge >= 0.3 is 6.09 Å². The molecule has 1 fully saturated rings. The largest absolute Gasteiger partial charge is 0.486 e. The van der Waals surface area contributed by atoms with E-state index in [1.165, 1.54) is 35.2 Å². The second-order valence-corrected chi connectivity index (χ2v) is 7.46. The summed E-state index contributed by atoms with van der Waals surface area (Å²) in [5.74, 6) is -1.22. The molecule has 2 heterocycles. The molecule has 32 heavy (non-hydrogen) atoms. The number of likely N-dealkylation sites (N-methyl/N-ethyl adjacent to an activating group) is 1. The Bertz CT molecular complexity index is 1030. The summed E-state index contributed by atoms with van der Waals surface area (Å²) in [5.41, 5.74) is 0.899. The van der Waals surface area contributed by atoms with E-state index in [-0.39, 0.29) is 42.8 Å². The van der Waals surface area contributed by atoms with Crippen LogP contribution in [0.5, 0.6) is 5.75 Å². The van der Waals surface area contributed by atoms with Crippen LogP contribution in [0.1, 0.15) is 40.5 Å². The topological polar surface area (TPSA) is 132 Å². The average Bonchev–Trinajstić information content (AvgIpc) is 3.20. The molecule has 1 aromatic heterocycles. The van der Waals surface area contributed by atoms with Gasteiger partial charge in [-0.2, -0.15) is 10.4 Å². The smallest absolute Gasteiger partial charge is 0.407 e. The van der Waals surface area contributed by atoms with Gasteiger partial charge in [0, 0.05) is 37.8 Å². The maximum Gasteiger partial charge on any atom is 0.407 e. The number of likely N-dealkylation sites (tertiary alicyclic amines) is 1. The minimum atomic E-state index is -0.965. The third-order valence-corrected chi connectivity index (χ3v) is 5.40. The number of carbonyl (C=O) groups excluding carboxylic acids is 1. The van der Waals surface area contributed by atoms with Crippen molar-refractivity contribution in [2.45, 2.75) is 25.5 Å². The molecule has 1 aliphatic rings. The van der Waals surface area contributed by atoms with Crippen LogP contribution >= 0.6 is 0 Å². The highest BCUT2D eigenvalue weighted by Crippen LogP contribution is 2.26. The lowest BCUT2D eigenvalue weighted by molar-refractivity contribution is 0.0766. The monoisotopic (exact) mass is 445 g/mol. The number of hydrogen-bond donors (Lipinski definition) is 2. The van der Waals surface area contributed by atoms with Gasteiger partial charge in [0.2, 0.25) is 0 Å². The number of halogens is 1. The molecule has 2 N–H and O–H groups in total. The summed E-state index contributed by atoms with van der Waals surface area (Å²) in [4.78, 5) is 25.9. The molecule has 1 aromatic carbocycles. The third kappa shape index (κ3) is 4.97. The molecule has 0 spiro atoms. The second-order valence-electron chi connectivity index (χ2n) is 7.46. The minimum absolute atomic E-state index is 0.0715. The van der Waals surface area contributed by atoms with E-state index in [1.54, 1.807) is 4.68 Å². The first-order valence-electron chi connectivity index (χ1n) is 10.1.